The second kappa shape index (κ2) is 11.2. The molecule has 0 aromatic heterocycles. The molecule has 1 atom stereocenters. The molecule has 1 aliphatic carbocycles. The van der Waals surface area contributed by atoms with Crippen molar-refractivity contribution in [2.75, 3.05) is 0 Å². The van der Waals surface area contributed by atoms with E-state index in [0.29, 0.717) is 6.42 Å². The van der Waals surface area contributed by atoms with Crippen molar-refractivity contribution < 1.29 is 8.78 Å². The Bertz CT molecular complexity index is 273. The summed E-state index contributed by atoms with van der Waals surface area (Å²) in [4.78, 5) is 0. The lowest BCUT2D eigenvalue weighted by Crippen LogP contribution is -2.15. The van der Waals surface area contributed by atoms with E-state index >= 15 is 0 Å². The van der Waals surface area contributed by atoms with Crippen LogP contribution in [0.5, 0.6) is 0 Å². The fraction of sp³-hybridized carbons (Fsp3) is 0.895. The summed E-state index contributed by atoms with van der Waals surface area (Å²) in [6.07, 6.45) is 14.4. The third-order valence-corrected chi connectivity index (χ3v) is 5.34. The average molecular weight is 300 g/mol. The van der Waals surface area contributed by atoms with Gasteiger partial charge in [-0.15, -0.1) is 0 Å². The van der Waals surface area contributed by atoms with Crippen molar-refractivity contribution in [2.24, 2.45) is 17.8 Å². The topological polar surface area (TPSA) is 0 Å². The largest absolute Gasteiger partial charge is 0.266 e. The van der Waals surface area contributed by atoms with Gasteiger partial charge in [-0.1, -0.05) is 78.1 Å². The monoisotopic (exact) mass is 300 g/mol. The molecule has 2 heteroatoms. The minimum Gasteiger partial charge on any atom is -0.174 e. The van der Waals surface area contributed by atoms with Gasteiger partial charge < -0.3 is 0 Å². The number of rotatable bonds is 10. The van der Waals surface area contributed by atoms with Crippen LogP contribution in [-0.2, 0) is 0 Å². The molecule has 124 valence electrons. The molecule has 1 fully saturated rings. The molecule has 0 spiro atoms. The molecular formula is C19H34F2. The summed E-state index contributed by atoms with van der Waals surface area (Å²) in [5, 5.41) is 0. The second-order valence-electron chi connectivity index (χ2n) is 6.95. The van der Waals surface area contributed by atoms with Crippen molar-refractivity contribution in [3.8, 4) is 0 Å². The predicted molar refractivity (Wildman–Crippen MR) is 87.5 cm³/mol. The SMILES string of the molecule is CCCC(CCCC=C(F)F)CCC1CCC(CC)CC1. The maximum Gasteiger partial charge on any atom is 0.266 e. The molecule has 0 aromatic carbocycles. The first-order chi connectivity index (χ1) is 10.2. The van der Waals surface area contributed by atoms with Gasteiger partial charge in [-0.25, -0.2) is 0 Å². The molecule has 0 N–H and O–H groups in total. The molecule has 0 aromatic rings. The van der Waals surface area contributed by atoms with Crippen molar-refractivity contribution in [2.45, 2.75) is 90.9 Å². The Labute approximate surface area is 130 Å². The molecule has 0 aliphatic heterocycles. The number of unbranched alkanes of at least 4 members (excludes halogenated alkanes) is 1. The Morgan fingerprint density at radius 3 is 2.24 bits per heavy atom. The first kappa shape index (κ1) is 18.6. The van der Waals surface area contributed by atoms with Gasteiger partial charge in [0.25, 0.3) is 6.08 Å². The summed E-state index contributed by atoms with van der Waals surface area (Å²) >= 11 is 0. The molecule has 1 rings (SSSR count). The van der Waals surface area contributed by atoms with E-state index in [1.165, 1.54) is 57.8 Å². The van der Waals surface area contributed by atoms with Gasteiger partial charge >= 0.3 is 0 Å². The third kappa shape index (κ3) is 8.58. The quantitative estimate of drug-likeness (QED) is 0.370. The van der Waals surface area contributed by atoms with Crippen LogP contribution in [0.15, 0.2) is 12.2 Å². The van der Waals surface area contributed by atoms with Crippen LogP contribution in [0.2, 0.25) is 0 Å². The van der Waals surface area contributed by atoms with Gasteiger partial charge in [0.05, 0.1) is 0 Å². The zero-order valence-electron chi connectivity index (χ0n) is 14.1. The summed E-state index contributed by atoms with van der Waals surface area (Å²) < 4.78 is 24.0. The zero-order valence-corrected chi connectivity index (χ0v) is 14.1. The van der Waals surface area contributed by atoms with Gasteiger partial charge in [-0.3, -0.25) is 0 Å². The fourth-order valence-electron chi connectivity index (χ4n) is 3.86. The van der Waals surface area contributed by atoms with E-state index in [-0.39, 0.29) is 0 Å². The average Bonchev–Trinajstić information content (AvgIpc) is 2.49. The Kier molecular flexibility index (Phi) is 9.95. The molecule has 0 radical (unpaired) electrons. The third-order valence-electron chi connectivity index (χ3n) is 5.34. The van der Waals surface area contributed by atoms with Crippen LogP contribution < -0.4 is 0 Å². The summed E-state index contributed by atoms with van der Waals surface area (Å²) in [6.45, 7) is 4.55. The lowest BCUT2D eigenvalue weighted by Gasteiger charge is -2.29. The highest BCUT2D eigenvalue weighted by atomic mass is 19.3. The molecule has 0 nitrogen and oxygen atoms in total. The van der Waals surface area contributed by atoms with E-state index in [2.05, 4.69) is 13.8 Å². The maximum atomic E-state index is 12.0. The number of allylic oxidation sites excluding steroid dienone is 1. The van der Waals surface area contributed by atoms with Crippen molar-refractivity contribution in [3.63, 3.8) is 0 Å². The van der Waals surface area contributed by atoms with E-state index in [1.54, 1.807) is 0 Å². The second-order valence-corrected chi connectivity index (χ2v) is 6.95. The Morgan fingerprint density at radius 1 is 1.00 bits per heavy atom. The smallest absolute Gasteiger partial charge is 0.174 e. The van der Waals surface area contributed by atoms with Crippen LogP contribution >= 0.6 is 0 Å². The van der Waals surface area contributed by atoms with Crippen LogP contribution in [-0.4, -0.2) is 0 Å². The van der Waals surface area contributed by atoms with Crippen LogP contribution in [0.1, 0.15) is 90.9 Å². The minimum absolute atomic E-state index is 0.546. The number of hydrogen-bond donors (Lipinski definition) is 0. The van der Waals surface area contributed by atoms with E-state index < -0.39 is 6.08 Å². The molecule has 1 unspecified atom stereocenters. The van der Waals surface area contributed by atoms with Gasteiger partial charge in [0.1, 0.15) is 0 Å². The first-order valence-electron chi connectivity index (χ1n) is 9.16. The van der Waals surface area contributed by atoms with Crippen molar-refractivity contribution in [3.05, 3.63) is 12.2 Å². The van der Waals surface area contributed by atoms with Crippen LogP contribution in [0.4, 0.5) is 8.78 Å². The maximum absolute atomic E-state index is 12.0. The summed E-state index contributed by atoms with van der Waals surface area (Å²) in [6, 6.07) is 0. The van der Waals surface area contributed by atoms with Crippen LogP contribution in [0.3, 0.4) is 0 Å². The summed E-state index contributed by atoms with van der Waals surface area (Å²) in [5.41, 5.74) is 0. The molecule has 0 heterocycles. The highest BCUT2D eigenvalue weighted by Crippen LogP contribution is 2.34. The fourth-order valence-corrected chi connectivity index (χ4v) is 3.86. The molecule has 1 aliphatic rings. The number of hydrogen-bond acceptors (Lipinski definition) is 0. The van der Waals surface area contributed by atoms with Crippen LogP contribution in [0, 0.1) is 17.8 Å². The highest BCUT2D eigenvalue weighted by Gasteiger charge is 2.20. The van der Waals surface area contributed by atoms with Gasteiger partial charge in [0.2, 0.25) is 0 Å². The zero-order chi connectivity index (χ0) is 15.5. The number of halogens is 2. The standard InChI is InChI=1S/C19H34F2/c1-3-7-17(8-5-6-9-19(20)21)14-15-18-12-10-16(4-2)11-13-18/h9,16-18H,3-8,10-15H2,1-2H3. The molecular weight excluding hydrogens is 266 g/mol. The predicted octanol–water partition coefficient (Wildman–Crippen LogP) is 7.35. The van der Waals surface area contributed by atoms with E-state index in [1.807, 2.05) is 0 Å². The molecule has 21 heavy (non-hydrogen) atoms. The summed E-state index contributed by atoms with van der Waals surface area (Å²) in [7, 11) is 0. The van der Waals surface area contributed by atoms with Crippen molar-refractivity contribution >= 4 is 0 Å². The van der Waals surface area contributed by atoms with Gasteiger partial charge in [-0.2, -0.15) is 8.78 Å². The van der Waals surface area contributed by atoms with Gasteiger partial charge in [0, 0.05) is 0 Å². The molecule has 0 saturated heterocycles. The minimum atomic E-state index is -1.52. The van der Waals surface area contributed by atoms with E-state index in [4.69, 9.17) is 0 Å². The van der Waals surface area contributed by atoms with Crippen LogP contribution in [0.25, 0.3) is 0 Å². The van der Waals surface area contributed by atoms with Crippen molar-refractivity contribution in [1.29, 1.82) is 0 Å². The highest BCUT2D eigenvalue weighted by molar-refractivity contribution is 4.80. The van der Waals surface area contributed by atoms with Crippen molar-refractivity contribution in [1.82, 2.24) is 0 Å². The van der Waals surface area contributed by atoms with Gasteiger partial charge in [-0.05, 0) is 36.7 Å². The Hall–Kier alpha value is -0.400. The molecule has 0 amide bonds. The molecule has 1 saturated carbocycles. The lowest BCUT2D eigenvalue weighted by atomic mass is 9.77. The normalized spacial score (nSPS) is 23.8. The summed E-state index contributed by atoms with van der Waals surface area (Å²) in [5.74, 6) is 2.68. The Morgan fingerprint density at radius 2 is 1.67 bits per heavy atom. The first-order valence-corrected chi connectivity index (χ1v) is 9.16. The lowest BCUT2D eigenvalue weighted by molar-refractivity contribution is 0.239. The van der Waals surface area contributed by atoms with E-state index in [0.717, 1.165) is 36.7 Å². The van der Waals surface area contributed by atoms with E-state index in [9.17, 15) is 8.78 Å². The molecule has 0 bridgehead atoms. The Balaban J connectivity index is 2.19. The van der Waals surface area contributed by atoms with Gasteiger partial charge in [0.15, 0.2) is 0 Å².